The van der Waals surface area contributed by atoms with Gasteiger partial charge in [0.1, 0.15) is 10.7 Å². The lowest BCUT2D eigenvalue weighted by molar-refractivity contribution is 0.309. The number of nitrogens with zero attached hydrogens (tertiary/aromatic N) is 1. The third-order valence-electron chi connectivity index (χ3n) is 4.11. The predicted molar refractivity (Wildman–Crippen MR) is 77.6 cm³/mol. The van der Waals surface area contributed by atoms with Crippen LogP contribution < -0.4 is 10.5 Å². The standard InChI is InChI=1S/C12H18BrN3O3S/c13-12-11(6-8(7-14)19-12)20(17,18)15-9-3-5-16-4-1-2-10(9)16/h6,9-10,15H,1-5,7,14H2. The Morgan fingerprint density at radius 2 is 2.25 bits per heavy atom. The molecule has 20 heavy (non-hydrogen) atoms. The first-order chi connectivity index (χ1) is 9.51. The summed E-state index contributed by atoms with van der Waals surface area (Å²) in [5, 5.41) is 0. The quantitative estimate of drug-likeness (QED) is 0.833. The van der Waals surface area contributed by atoms with E-state index in [4.69, 9.17) is 10.2 Å². The zero-order chi connectivity index (χ0) is 14.3. The van der Waals surface area contributed by atoms with Crippen LogP contribution in [0.2, 0.25) is 0 Å². The van der Waals surface area contributed by atoms with Crippen LogP contribution in [0.3, 0.4) is 0 Å². The van der Waals surface area contributed by atoms with Gasteiger partial charge in [0, 0.05) is 24.7 Å². The maximum Gasteiger partial charge on any atom is 0.245 e. The van der Waals surface area contributed by atoms with Crippen molar-refractivity contribution in [2.75, 3.05) is 13.1 Å². The van der Waals surface area contributed by atoms with E-state index in [1.165, 1.54) is 6.07 Å². The van der Waals surface area contributed by atoms with Crippen LogP contribution in [0.4, 0.5) is 0 Å². The Morgan fingerprint density at radius 3 is 2.95 bits per heavy atom. The number of rotatable bonds is 4. The average Bonchev–Trinajstić information content (AvgIpc) is 3.06. The van der Waals surface area contributed by atoms with Gasteiger partial charge >= 0.3 is 0 Å². The smallest absolute Gasteiger partial charge is 0.245 e. The number of fused-ring (bicyclic) bond motifs is 1. The molecule has 2 aliphatic heterocycles. The molecule has 0 bridgehead atoms. The van der Waals surface area contributed by atoms with Gasteiger partial charge in [-0.1, -0.05) is 0 Å². The molecule has 0 aliphatic carbocycles. The fourth-order valence-corrected chi connectivity index (χ4v) is 5.47. The predicted octanol–water partition coefficient (Wildman–Crippen LogP) is 1.02. The zero-order valence-electron chi connectivity index (χ0n) is 11.0. The first-order valence-electron chi connectivity index (χ1n) is 6.76. The zero-order valence-corrected chi connectivity index (χ0v) is 13.4. The average molecular weight is 364 g/mol. The molecule has 0 amide bonds. The van der Waals surface area contributed by atoms with Gasteiger partial charge in [-0.2, -0.15) is 0 Å². The summed E-state index contributed by atoms with van der Waals surface area (Å²) in [6.45, 7) is 2.22. The number of sulfonamides is 1. The van der Waals surface area contributed by atoms with Gasteiger partial charge in [-0.05, 0) is 41.7 Å². The van der Waals surface area contributed by atoms with Crippen LogP contribution in [0.1, 0.15) is 25.0 Å². The lowest BCUT2D eigenvalue weighted by Crippen LogP contribution is -2.42. The molecule has 1 aromatic rings. The molecule has 0 saturated carbocycles. The Bertz CT molecular complexity index is 601. The van der Waals surface area contributed by atoms with Crippen molar-refractivity contribution in [3.63, 3.8) is 0 Å². The van der Waals surface area contributed by atoms with Gasteiger partial charge in [-0.15, -0.1) is 0 Å². The van der Waals surface area contributed by atoms with E-state index in [1.807, 2.05) is 0 Å². The maximum atomic E-state index is 12.5. The third kappa shape index (κ3) is 2.55. The summed E-state index contributed by atoms with van der Waals surface area (Å²) in [5.74, 6) is 0.450. The monoisotopic (exact) mass is 363 g/mol. The lowest BCUT2D eigenvalue weighted by Gasteiger charge is -2.20. The molecule has 8 heteroatoms. The molecule has 0 aromatic carbocycles. The second-order valence-electron chi connectivity index (χ2n) is 5.32. The normalized spacial score (nSPS) is 27.1. The summed E-state index contributed by atoms with van der Waals surface area (Å²) in [7, 11) is -3.58. The highest BCUT2D eigenvalue weighted by Crippen LogP contribution is 2.31. The summed E-state index contributed by atoms with van der Waals surface area (Å²) < 4.78 is 33.2. The Morgan fingerprint density at radius 1 is 1.45 bits per heavy atom. The molecular weight excluding hydrogens is 346 g/mol. The minimum atomic E-state index is -3.58. The molecule has 2 saturated heterocycles. The molecular formula is C12H18BrN3O3S. The minimum absolute atomic E-state index is 0.00868. The highest BCUT2D eigenvalue weighted by Gasteiger charge is 2.39. The van der Waals surface area contributed by atoms with Crippen molar-refractivity contribution in [1.82, 2.24) is 9.62 Å². The van der Waals surface area contributed by atoms with Crippen LogP contribution >= 0.6 is 15.9 Å². The van der Waals surface area contributed by atoms with Crippen molar-refractivity contribution in [3.05, 3.63) is 16.5 Å². The molecule has 2 unspecified atom stereocenters. The highest BCUT2D eigenvalue weighted by molar-refractivity contribution is 9.10. The van der Waals surface area contributed by atoms with Crippen LogP contribution in [-0.2, 0) is 16.6 Å². The van der Waals surface area contributed by atoms with E-state index < -0.39 is 10.0 Å². The van der Waals surface area contributed by atoms with E-state index in [0.717, 1.165) is 32.4 Å². The van der Waals surface area contributed by atoms with Crippen molar-refractivity contribution in [2.24, 2.45) is 5.73 Å². The number of furan rings is 1. The Balaban J connectivity index is 1.80. The molecule has 1 aromatic heterocycles. The minimum Gasteiger partial charge on any atom is -0.452 e. The van der Waals surface area contributed by atoms with E-state index in [-0.39, 0.29) is 22.2 Å². The highest BCUT2D eigenvalue weighted by atomic mass is 79.9. The Kier molecular flexibility index (Phi) is 3.93. The SMILES string of the molecule is NCc1cc(S(=O)(=O)NC2CCN3CCCC23)c(Br)o1. The Labute approximate surface area is 126 Å². The van der Waals surface area contributed by atoms with Crippen molar-refractivity contribution < 1.29 is 12.8 Å². The topological polar surface area (TPSA) is 88.6 Å². The van der Waals surface area contributed by atoms with Crippen LogP contribution in [0.5, 0.6) is 0 Å². The fraction of sp³-hybridized carbons (Fsp3) is 0.667. The summed E-state index contributed by atoms with van der Waals surface area (Å²) in [4.78, 5) is 2.50. The summed E-state index contributed by atoms with van der Waals surface area (Å²) >= 11 is 3.15. The molecule has 2 aliphatic rings. The Hall–Kier alpha value is -0.410. The van der Waals surface area contributed by atoms with Gasteiger partial charge in [-0.3, -0.25) is 4.90 Å². The summed E-state index contributed by atoms with van der Waals surface area (Å²) in [5.41, 5.74) is 5.47. The van der Waals surface area contributed by atoms with E-state index >= 15 is 0 Å². The van der Waals surface area contributed by atoms with E-state index in [0.29, 0.717) is 11.8 Å². The van der Waals surface area contributed by atoms with Gasteiger partial charge in [-0.25, -0.2) is 13.1 Å². The van der Waals surface area contributed by atoms with Gasteiger partial charge < -0.3 is 10.2 Å². The van der Waals surface area contributed by atoms with Crippen LogP contribution in [-0.4, -0.2) is 38.5 Å². The van der Waals surface area contributed by atoms with Gasteiger partial charge in [0.25, 0.3) is 0 Å². The van der Waals surface area contributed by atoms with Gasteiger partial charge in [0.05, 0.1) is 6.54 Å². The first-order valence-corrected chi connectivity index (χ1v) is 9.03. The van der Waals surface area contributed by atoms with Gasteiger partial charge in [0.2, 0.25) is 10.0 Å². The van der Waals surface area contributed by atoms with Crippen molar-refractivity contribution in [2.45, 2.75) is 42.8 Å². The number of hydrogen-bond acceptors (Lipinski definition) is 5. The molecule has 3 heterocycles. The molecule has 2 atom stereocenters. The van der Waals surface area contributed by atoms with Gasteiger partial charge in [0.15, 0.2) is 4.67 Å². The molecule has 112 valence electrons. The fourth-order valence-electron chi connectivity index (χ4n) is 3.16. The van der Waals surface area contributed by atoms with Crippen molar-refractivity contribution >= 4 is 26.0 Å². The van der Waals surface area contributed by atoms with E-state index in [1.54, 1.807) is 0 Å². The maximum absolute atomic E-state index is 12.5. The molecule has 0 spiro atoms. The van der Waals surface area contributed by atoms with Crippen molar-refractivity contribution in [3.8, 4) is 0 Å². The summed E-state index contributed by atoms with van der Waals surface area (Å²) in [6, 6.07) is 1.81. The van der Waals surface area contributed by atoms with Crippen LogP contribution in [0.25, 0.3) is 0 Å². The molecule has 3 rings (SSSR count). The van der Waals surface area contributed by atoms with Crippen LogP contribution in [0.15, 0.2) is 20.0 Å². The molecule has 0 radical (unpaired) electrons. The molecule has 3 N–H and O–H groups in total. The summed E-state index contributed by atoms with van der Waals surface area (Å²) in [6.07, 6.45) is 3.08. The van der Waals surface area contributed by atoms with Crippen LogP contribution in [0, 0.1) is 0 Å². The number of nitrogens with one attached hydrogen (secondary N) is 1. The number of nitrogens with two attached hydrogens (primary N) is 1. The second kappa shape index (κ2) is 5.42. The molecule has 6 nitrogen and oxygen atoms in total. The lowest BCUT2D eigenvalue weighted by atomic mass is 10.1. The largest absolute Gasteiger partial charge is 0.452 e. The number of halogens is 1. The van der Waals surface area contributed by atoms with Crippen molar-refractivity contribution in [1.29, 1.82) is 0 Å². The third-order valence-corrected chi connectivity index (χ3v) is 6.46. The molecule has 2 fully saturated rings. The second-order valence-corrected chi connectivity index (χ2v) is 7.72. The number of hydrogen-bond donors (Lipinski definition) is 2. The first kappa shape index (κ1) is 14.5. The van der Waals surface area contributed by atoms with E-state index in [2.05, 4.69) is 25.6 Å². The van der Waals surface area contributed by atoms with E-state index in [9.17, 15) is 8.42 Å².